The average Bonchev–Trinajstić information content (AvgIpc) is 3.20. The molecule has 9 nitrogen and oxygen atoms in total. The Bertz CT molecular complexity index is 1090. The third-order valence-electron chi connectivity index (χ3n) is 4.44. The maximum Gasteiger partial charge on any atom is 0.277 e. The Morgan fingerprint density at radius 2 is 2.00 bits per heavy atom. The molecule has 0 radical (unpaired) electrons. The molecule has 0 aliphatic heterocycles. The van der Waals surface area contributed by atoms with E-state index in [0.29, 0.717) is 42.8 Å². The second-order valence-electron chi connectivity index (χ2n) is 6.76. The summed E-state index contributed by atoms with van der Waals surface area (Å²) in [6, 6.07) is 7.91. The van der Waals surface area contributed by atoms with E-state index in [4.69, 9.17) is 38.4 Å². The molecule has 0 saturated carbocycles. The second-order valence-corrected chi connectivity index (χ2v) is 7.57. The van der Waals surface area contributed by atoms with Crippen LogP contribution < -0.4 is 25.8 Å². The molecule has 4 N–H and O–H groups in total. The molecule has 12 heteroatoms. The first-order valence-corrected chi connectivity index (χ1v) is 10.7. The van der Waals surface area contributed by atoms with Crippen molar-refractivity contribution >= 4 is 34.9 Å². The normalized spacial score (nSPS) is 10.8. The molecule has 3 aromatic rings. The summed E-state index contributed by atoms with van der Waals surface area (Å²) < 4.78 is 29.9. The van der Waals surface area contributed by atoms with Gasteiger partial charge in [0, 0.05) is 25.2 Å². The zero-order valence-corrected chi connectivity index (χ0v) is 19.2. The highest BCUT2D eigenvalue weighted by Crippen LogP contribution is 2.37. The number of carbonyl (C=O) groups excluding carboxylic acids is 1. The molecule has 1 amide bonds. The van der Waals surface area contributed by atoms with Crippen LogP contribution in [-0.2, 0) is 13.2 Å². The van der Waals surface area contributed by atoms with E-state index in [1.165, 1.54) is 12.1 Å². The summed E-state index contributed by atoms with van der Waals surface area (Å²) in [7, 11) is 0. The molecule has 0 unspecified atom stereocenters. The number of hydrogen-bond acceptors (Lipinski definition) is 8. The third-order valence-corrected chi connectivity index (χ3v) is 5.07. The number of aromatic nitrogens is 2. The molecule has 176 valence electrons. The van der Waals surface area contributed by atoms with Crippen molar-refractivity contribution in [2.24, 2.45) is 0 Å². The fraction of sp³-hybridized carbons (Fsp3) is 0.286. The van der Waals surface area contributed by atoms with Crippen molar-refractivity contribution in [3.05, 3.63) is 63.0 Å². The van der Waals surface area contributed by atoms with Gasteiger partial charge in [0.2, 0.25) is 11.5 Å². The second kappa shape index (κ2) is 11.7. The van der Waals surface area contributed by atoms with Gasteiger partial charge in [0.25, 0.3) is 5.91 Å². The van der Waals surface area contributed by atoms with Crippen LogP contribution >= 0.6 is 23.2 Å². The van der Waals surface area contributed by atoms with Crippen molar-refractivity contribution in [2.45, 2.75) is 20.1 Å². The van der Waals surface area contributed by atoms with Crippen molar-refractivity contribution in [1.82, 2.24) is 20.9 Å². The largest absolute Gasteiger partial charge is 0.490 e. The average molecular weight is 498 g/mol. The van der Waals surface area contributed by atoms with Crippen LogP contribution in [0.25, 0.3) is 0 Å². The van der Waals surface area contributed by atoms with E-state index < -0.39 is 11.7 Å². The highest BCUT2D eigenvalue weighted by atomic mass is 35.5. The van der Waals surface area contributed by atoms with Crippen LogP contribution in [0.2, 0.25) is 10.0 Å². The fourth-order valence-electron chi connectivity index (χ4n) is 2.87. The van der Waals surface area contributed by atoms with Gasteiger partial charge in [-0.2, -0.15) is 0 Å². The van der Waals surface area contributed by atoms with Gasteiger partial charge >= 0.3 is 0 Å². The first kappa shape index (κ1) is 24.6. The number of carbonyl (C=O) groups is 1. The Balaban J connectivity index is 1.57. The van der Waals surface area contributed by atoms with E-state index in [1.54, 1.807) is 18.2 Å². The molecular weight excluding hydrogens is 476 g/mol. The fourth-order valence-corrected chi connectivity index (χ4v) is 3.38. The van der Waals surface area contributed by atoms with Gasteiger partial charge in [0.1, 0.15) is 12.4 Å². The predicted octanol–water partition coefficient (Wildman–Crippen LogP) is 3.60. The summed E-state index contributed by atoms with van der Waals surface area (Å²) in [4.78, 5) is 11.9. The molecule has 2 aromatic carbocycles. The summed E-state index contributed by atoms with van der Waals surface area (Å²) in [6.45, 7) is 3.34. The van der Waals surface area contributed by atoms with Crippen molar-refractivity contribution in [1.29, 1.82) is 0 Å². The Hall–Kier alpha value is -3.08. The van der Waals surface area contributed by atoms with E-state index in [0.717, 1.165) is 5.56 Å². The van der Waals surface area contributed by atoms with Gasteiger partial charge in [0.05, 0.1) is 16.7 Å². The predicted molar refractivity (Wildman–Crippen MR) is 121 cm³/mol. The minimum absolute atomic E-state index is 0.0598. The van der Waals surface area contributed by atoms with Gasteiger partial charge in [0.15, 0.2) is 11.5 Å². The van der Waals surface area contributed by atoms with Crippen LogP contribution in [0.5, 0.6) is 11.5 Å². The number of hydrogen-bond donors (Lipinski definition) is 3. The Morgan fingerprint density at radius 3 is 2.70 bits per heavy atom. The molecule has 33 heavy (non-hydrogen) atoms. The third kappa shape index (κ3) is 6.47. The van der Waals surface area contributed by atoms with Crippen LogP contribution in [0.15, 0.2) is 35.0 Å². The number of halogens is 3. The number of anilines is 1. The standard InChI is InChI=1S/C21H22Cl2FN5O4/c1-2-31-17-9-12(10-26-6-7-27-21(30)18-20(25)29-33-28-18)8-15(23)19(17)32-11-13-14(22)4-3-5-16(13)24/h3-5,8-9,26H,2,6-7,10-11H2,1H3,(H2,25,29)(H,27,30). The minimum atomic E-state index is -0.478. The molecule has 0 fully saturated rings. The molecule has 0 atom stereocenters. The highest BCUT2D eigenvalue weighted by Gasteiger charge is 2.16. The van der Waals surface area contributed by atoms with E-state index in [1.807, 2.05) is 6.92 Å². The summed E-state index contributed by atoms with van der Waals surface area (Å²) in [6.07, 6.45) is 0. The van der Waals surface area contributed by atoms with Crippen LogP contribution in [0, 0.1) is 5.82 Å². The lowest BCUT2D eigenvalue weighted by Gasteiger charge is -2.16. The van der Waals surface area contributed by atoms with Crippen molar-refractivity contribution in [2.75, 3.05) is 25.4 Å². The minimum Gasteiger partial charge on any atom is -0.490 e. The number of nitrogens with two attached hydrogens (primary N) is 1. The molecule has 0 saturated heterocycles. The molecule has 3 rings (SSSR count). The lowest BCUT2D eigenvalue weighted by Crippen LogP contribution is -2.32. The van der Waals surface area contributed by atoms with Gasteiger partial charge in [-0.25, -0.2) is 9.02 Å². The van der Waals surface area contributed by atoms with E-state index in [9.17, 15) is 9.18 Å². The van der Waals surface area contributed by atoms with Crippen LogP contribution in [0.4, 0.5) is 10.2 Å². The molecular formula is C21H22Cl2FN5O4. The number of ether oxygens (including phenoxy) is 2. The van der Waals surface area contributed by atoms with Crippen LogP contribution in [0.1, 0.15) is 28.5 Å². The first-order chi connectivity index (χ1) is 15.9. The summed E-state index contributed by atoms with van der Waals surface area (Å²) in [5, 5.41) is 13.2. The zero-order valence-electron chi connectivity index (χ0n) is 17.7. The van der Waals surface area contributed by atoms with Crippen LogP contribution in [0.3, 0.4) is 0 Å². The molecule has 0 bridgehead atoms. The van der Waals surface area contributed by atoms with Gasteiger partial charge < -0.3 is 25.8 Å². The molecule has 1 aromatic heterocycles. The smallest absolute Gasteiger partial charge is 0.277 e. The number of benzene rings is 2. The van der Waals surface area contributed by atoms with Crippen molar-refractivity contribution in [3.8, 4) is 11.5 Å². The molecule has 0 spiro atoms. The number of nitrogen functional groups attached to an aromatic ring is 1. The Labute approximate surface area is 199 Å². The van der Waals surface area contributed by atoms with Crippen molar-refractivity contribution in [3.63, 3.8) is 0 Å². The number of amides is 1. The SMILES string of the molecule is CCOc1cc(CNCCNC(=O)c2nonc2N)cc(Cl)c1OCc1c(F)cccc1Cl. The summed E-state index contributed by atoms with van der Waals surface area (Å²) in [5.41, 5.74) is 6.48. The Kier molecular flexibility index (Phi) is 8.70. The first-order valence-electron chi connectivity index (χ1n) is 9.98. The summed E-state index contributed by atoms with van der Waals surface area (Å²) in [5.74, 6) is -0.289. The Morgan fingerprint density at radius 1 is 1.18 bits per heavy atom. The number of nitrogens with zero attached hydrogens (tertiary/aromatic N) is 2. The van der Waals surface area contributed by atoms with Gasteiger partial charge in [-0.15, -0.1) is 0 Å². The van der Waals surface area contributed by atoms with Gasteiger partial charge in [-0.3, -0.25) is 4.79 Å². The quantitative estimate of drug-likeness (QED) is 0.343. The maximum absolute atomic E-state index is 14.0. The highest BCUT2D eigenvalue weighted by molar-refractivity contribution is 6.32. The molecule has 0 aliphatic carbocycles. The van der Waals surface area contributed by atoms with Crippen molar-refractivity contribution < 1.29 is 23.3 Å². The topological polar surface area (TPSA) is 125 Å². The lowest BCUT2D eigenvalue weighted by molar-refractivity contribution is 0.0944. The molecule has 0 aliphatic rings. The van der Waals surface area contributed by atoms with Gasteiger partial charge in [-0.1, -0.05) is 29.3 Å². The van der Waals surface area contributed by atoms with Gasteiger partial charge in [-0.05, 0) is 47.1 Å². The maximum atomic E-state index is 14.0. The zero-order chi connectivity index (χ0) is 23.8. The number of nitrogens with one attached hydrogen (secondary N) is 2. The monoisotopic (exact) mass is 497 g/mol. The lowest BCUT2D eigenvalue weighted by atomic mass is 10.2. The summed E-state index contributed by atoms with van der Waals surface area (Å²) >= 11 is 12.5. The molecule has 1 heterocycles. The van der Waals surface area contributed by atoms with E-state index in [-0.39, 0.29) is 28.7 Å². The van der Waals surface area contributed by atoms with E-state index >= 15 is 0 Å². The van der Waals surface area contributed by atoms with E-state index in [2.05, 4.69) is 25.6 Å². The van der Waals surface area contributed by atoms with Crippen LogP contribution in [-0.4, -0.2) is 35.9 Å². The number of rotatable bonds is 11.